The number of aromatic nitrogens is 2. The first-order valence-electron chi connectivity index (χ1n) is 11.1. The third-order valence-electron chi connectivity index (χ3n) is 5.41. The summed E-state index contributed by atoms with van der Waals surface area (Å²) < 4.78 is 30.6. The quantitative estimate of drug-likeness (QED) is 0.341. The Balaban J connectivity index is 1.78. The molecule has 0 aliphatic rings. The number of rotatable bonds is 9. The molecule has 0 bridgehead atoms. The Morgan fingerprint density at radius 1 is 1.00 bits per heavy atom. The first-order chi connectivity index (χ1) is 16.9. The van der Waals surface area contributed by atoms with Crippen LogP contribution in [0.3, 0.4) is 0 Å². The van der Waals surface area contributed by atoms with Crippen molar-refractivity contribution in [3.8, 4) is 0 Å². The highest BCUT2D eigenvalue weighted by Gasteiger charge is 2.25. The van der Waals surface area contributed by atoms with Crippen molar-refractivity contribution in [1.82, 2.24) is 9.97 Å². The minimum Gasteiger partial charge on any atom is -0.467 e. The summed E-state index contributed by atoms with van der Waals surface area (Å²) >= 11 is 0. The van der Waals surface area contributed by atoms with Gasteiger partial charge in [-0.05, 0) is 36.8 Å². The lowest BCUT2D eigenvalue weighted by molar-refractivity contribution is 0.102. The van der Waals surface area contributed by atoms with Gasteiger partial charge in [-0.2, -0.15) is 0 Å². The lowest BCUT2D eigenvalue weighted by atomic mass is 10.2. The number of hydrogen-bond donors (Lipinski definition) is 1. The number of amides is 1. The SMILES string of the molecule is CCS(=O)(=O)c1ncc(N(Cc2ccccc2)Cc2ccco2)c(C(=O)Nc2ccc(C)cc2)n1. The van der Waals surface area contributed by atoms with Crippen molar-refractivity contribution in [2.45, 2.75) is 32.1 Å². The molecule has 0 unspecified atom stereocenters. The second-order valence-corrected chi connectivity index (χ2v) is 10.2. The molecule has 0 saturated heterocycles. The highest BCUT2D eigenvalue weighted by Crippen LogP contribution is 2.25. The van der Waals surface area contributed by atoms with Gasteiger partial charge >= 0.3 is 0 Å². The number of aryl methyl sites for hydroxylation is 1. The largest absolute Gasteiger partial charge is 0.467 e. The average Bonchev–Trinajstić information content (AvgIpc) is 3.38. The maximum atomic E-state index is 13.4. The first-order valence-corrected chi connectivity index (χ1v) is 12.8. The monoisotopic (exact) mass is 490 g/mol. The molecule has 2 aromatic heterocycles. The number of benzene rings is 2. The Morgan fingerprint density at radius 2 is 1.74 bits per heavy atom. The van der Waals surface area contributed by atoms with Crippen LogP contribution in [0.25, 0.3) is 0 Å². The summed E-state index contributed by atoms with van der Waals surface area (Å²) in [6.45, 7) is 4.22. The van der Waals surface area contributed by atoms with E-state index in [0.717, 1.165) is 11.1 Å². The van der Waals surface area contributed by atoms with Crippen LogP contribution in [-0.2, 0) is 22.9 Å². The number of nitrogens with zero attached hydrogens (tertiary/aromatic N) is 3. The Hall–Kier alpha value is -3.98. The number of carbonyl (C=O) groups is 1. The maximum absolute atomic E-state index is 13.4. The van der Waals surface area contributed by atoms with Crippen LogP contribution in [0.2, 0.25) is 0 Å². The minimum atomic E-state index is -3.72. The Bertz CT molecular complexity index is 1390. The zero-order valence-corrected chi connectivity index (χ0v) is 20.3. The number of furan rings is 1. The van der Waals surface area contributed by atoms with Gasteiger partial charge in [-0.3, -0.25) is 4.79 Å². The Morgan fingerprint density at radius 3 is 2.40 bits per heavy atom. The number of nitrogens with one attached hydrogen (secondary N) is 1. The molecule has 2 heterocycles. The van der Waals surface area contributed by atoms with E-state index in [2.05, 4.69) is 15.3 Å². The maximum Gasteiger partial charge on any atom is 0.276 e. The second kappa shape index (κ2) is 10.5. The van der Waals surface area contributed by atoms with Gasteiger partial charge in [0.1, 0.15) is 5.76 Å². The molecule has 4 rings (SSSR count). The summed E-state index contributed by atoms with van der Waals surface area (Å²) in [4.78, 5) is 23.7. The lowest BCUT2D eigenvalue weighted by Gasteiger charge is -2.25. The standard InChI is InChI=1S/C26H26N4O4S/c1-3-35(32,33)26-27-16-23(24(29-26)25(31)28-21-13-11-19(2)12-14-21)30(18-22-10-7-15-34-22)17-20-8-5-4-6-9-20/h4-16H,3,17-18H2,1-2H3,(H,28,31). The van der Waals surface area contributed by atoms with Crippen molar-refractivity contribution < 1.29 is 17.6 Å². The summed E-state index contributed by atoms with van der Waals surface area (Å²) in [6, 6.07) is 20.7. The predicted molar refractivity (Wildman–Crippen MR) is 134 cm³/mol. The van der Waals surface area contributed by atoms with Crippen LogP contribution in [0.5, 0.6) is 0 Å². The molecule has 180 valence electrons. The van der Waals surface area contributed by atoms with Crippen LogP contribution >= 0.6 is 0 Å². The minimum absolute atomic E-state index is 0.0323. The number of carbonyl (C=O) groups excluding carboxylic acids is 1. The van der Waals surface area contributed by atoms with Crippen molar-refractivity contribution in [3.05, 3.63) is 102 Å². The van der Waals surface area contributed by atoms with Crippen molar-refractivity contribution in [1.29, 1.82) is 0 Å². The van der Waals surface area contributed by atoms with E-state index >= 15 is 0 Å². The van der Waals surface area contributed by atoms with Gasteiger partial charge < -0.3 is 14.6 Å². The van der Waals surface area contributed by atoms with Crippen LogP contribution in [0.1, 0.15) is 34.3 Å². The van der Waals surface area contributed by atoms with E-state index in [9.17, 15) is 13.2 Å². The van der Waals surface area contributed by atoms with Gasteiger partial charge in [-0.15, -0.1) is 0 Å². The second-order valence-electron chi connectivity index (χ2n) is 8.03. The number of anilines is 2. The molecule has 0 spiro atoms. The smallest absolute Gasteiger partial charge is 0.276 e. The number of hydrogen-bond acceptors (Lipinski definition) is 7. The highest BCUT2D eigenvalue weighted by molar-refractivity contribution is 7.91. The van der Waals surface area contributed by atoms with Crippen molar-refractivity contribution in [3.63, 3.8) is 0 Å². The molecule has 35 heavy (non-hydrogen) atoms. The van der Waals surface area contributed by atoms with E-state index in [1.54, 1.807) is 24.5 Å². The van der Waals surface area contributed by atoms with Crippen LogP contribution in [0.15, 0.2) is 88.8 Å². The van der Waals surface area contributed by atoms with Gasteiger partial charge in [-0.25, -0.2) is 18.4 Å². The molecule has 1 amide bonds. The van der Waals surface area contributed by atoms with Gasteiger partial charge in [0.15, 0.2) is 5.69 Å². The normalized spacial score (nSPS) is 11.3. The molecule has 0 saturated carbocycles. The van der Waals surface area contributed by atoms with Crippen LogP contribution in [-0.4, -0.2) is 30.0 Å². The lowest BCUT2D eigenvalue weighted by Crippen LogP contribution is -2.27. The zero-order valence-electron chi connectivity index (χ0n) is 19.5. The zero-order chi connectivity index (χ0) is 24.8. The van der Waals surface area contributed by atoms with Crippen molar-refractivity contribution >= 4 is 27.1 Å². The third-order valence-corrected chi connectivity index (χ3v) is 6.93. The van der Waals surface area contributed by atoms with Crippen molar-refractivity contribution in [2.24, 2.45) is 0 Å². The molecule has 4 aromatic rings. The molecule has 0 radical (unpaired) electrons. The van der Waals surface area contributed by atoms with E-state index in [1.807, 2.05) is 60.4 Å². The van der Waals surface area contributed by atoms with Gasteiger partial charge in [0.05, 0.1) is 30.4 Å². The molecule has 0 aliphatic carbocycles. The molecular formula is C26H26N4O4S. The van der Waals surface area contributed by atoms with Crippen LogP contribution in [0, 0.1) is 6.92 Å². The molecule has 0 fully saturated rings. The van der Waals surface area contributed by atoms with Crippen LogP contribution in [0.4, 0.5) is 11.4 Å². The van der Waals surface area contributed by atoms with E-state index in [-0.39, 0.29) is 16.6 Å². The van der Waals surface area contributed by atoms with Gasteiger partial charge in [-0.1, -0.05) is 55.0 Å². The first kappa shape index (κ1) is 24.2. The van der Waals surface area contributed by atoms with Crippen LogP contribution < -0.4 is 10.2 Å². The predicted octanol–water partition coefficient (Wildman–Crippen LogP) is 4.63. The highest BCUT2D eigenvalue weighted by atomic mass is 32.2. The molecule has 0 atom stereocenters. The topological polar surface area (TPSA) is 105 Å². The van der Waals surface area contributed by atoms with Gasteiger partial charge in [0.2, 0.25) is 15.0 Å². The number of sulfone groups is 1. The third kappa shape index (κ3) is 5.93. The molecular weight excluding hydrogens is 464 g/mol. The molecule has 9 heteroatoms. The average molecular weight is 491 g/mol. The van der Waals surface area contributed by atoms with E-state index < -0.39 is 15.7 Å². The summed E-state index contributed by atoms with van der Waals surface area (Å²) in [7, 11) is -3.72. The fourth-order valence-corrected chi connectivity index (χ4v) is 4.19. The summed E-state index contributed by atoms with van der Waals surface area (Å²) in [5.41, 5.74) is 2.98. The molecule has 0 aliphatic heterocycles. The van der Waals surface area contributed by atoms with Gasteiger partial charge in [0, 0.05) is 12.2 Å². The summed E-state index contributed by atoms with van der Waals surface area (Å²) in [6.07, 6.45) is 2.97. The fourth-order valence-electron chi connectivity index (χ4n) is 3.48. The summed E-state index contributed by atoms with van der Waals surface area (Å²) in [5, 5.41) is 2.45. The van der Waals surface area contributed by atoms with Crippen molar-refractivity contribution in [2.75, 3.05) is 16.0 Å². The molecule has 1 N–H and O–H groups in total. The van der Waals surface area contributed by atoms with E-state index in [0.29, 0.717) is 30.2 Å². The molecule has 8 nitrogen and oxygen atoms in total. The van der Waals surface area contributed by atoms with E-state index in [4.69, 9.17) is 4.42 Å². The Kier molecular flexibility index (Phi) is 7.26. The Labute approximate surface area is 204 Å². The summed E-state index contributed by atoms with van der Waals surface area (Å²) in [5.74, 6) is -0.0294. The fraction of sp³-hybridized carbons (Fsp3) is 0.192. The van der Waals surface area contributed by atoms with E-state index in [1.165, 1.54) is 13.1 Å². The van der Waals surface area contributed by atoms with Gasteiger partial charge in [0.25, 0.3) is 5.91 Å². The molecule has 2 aromatic carbocycles.